The first-order chi connectivity index (χ1) is 14.5. The second-order valence-electron chi connectivity index (χ2n) is 9.84. The zero-order chi connectivity index (χ0) is 23.5. The van der Waals surface area contributed by atoms with E-state index in [0.717, 1.165) is 6.42 Å². The number of nitrogens with one attached hydrogen (secondary N) is 1. The fourth-order valence-electron chi connectivity index (χ4n) is 4.52. The minimum Gasteiger partial charge on any atom is -0.329 e. The molecule has 1 N–H and O–H groups in total. The van der Waals surface area contributed by atoms with E-state index in [9.17, 15) is 19.2 Å². The number of Topliss-reactive ketones (excluding diaryl/α,β-unsaturated/α-hetero) is 1. The Kier molecular flexibility index (Phi) is 8.63. The molecule has 0 bridgehead atoms. The van der Waals surface area contributed by atoms with Crippen LogP contribution in [-0.4, -0.2) is 88.6 Å². The van der Waals surface area contributed by atoms with Crippen LogP contribution in [0.4, 0.5) is 0 Å². The molecule has 0 aliphatic carbocycles. The monoisotopic (exact) mass is 436 g/mol. The van der Waals surface area contributed by atoms with Gasteiger partial charge in [-0.1, -0.05) is 27.7 Å². The third-order valence-electron chi connectivity index (χ3n) is 6.42. The molecule has 8 heteroatoms. The van der Waals surface area contributed by atoms with Gasteiger partial charge in [0.15, 0.2) is 5.78 Å². The van der Waals surface area contributed by atoms with Crippen LogP contribution >= 0.6 is 0 Å². The van der Waals surface area contributed by atoms with Gasteiger partial charge in [-0.3, -0.25) is 19.2 Å². The molecule has 2 aliphatic heterocycles. The molecule has 2 aliphatic rings. The first kappa shape index (κ1) is 25.3. The van der Waals surface area contributed by atoms with Gasteiger partial charge in [-0.15, -0.1) is 0 Å². The first-order valence-corrected chi connectivity index (χ1v) is 11.6. The van der Waals surface area contributed by atoms with Crippen LogP contribution in [0.25, 0.3) is 0 Å². The predicted octanol–water partition coefficient (Wildman–Crippen LogP) is 1.28. The molecule has 2 rings (SSSR count). The molecule has 0 unspecified atom stereocenters. The zero-order valence-corrected chi connectivity index (χ0v) is 20.2. The first-order valence-electron chi connectivity index (χ1n) is 11.6. The standard InChI is InChI=1S/C23H40N4O4/c1-14(2)12-19-22(30)25(9-8-24-19)17(6)21(29)27-11-10-26(16(5)18(7)28)23(31)20(27)13-15(3)4/h14-17,19-20,24H,8-13H2,1-7H3/t16-,17-,19-,20-/m0/s1. The summed E-state index contributed by atoms with van der Waals surface area (Å²) in [5, 5.41) is 3.27. The summed E-state index contributed by atoms with van der Waals surface area (Å²) >= 11 is 0. The molecule has 176 valence electrons. The van der Waals surface area contributed by atoms with Crippen molar-refractivity contribution in [3.63, 3.8) is 0 Å². The summed E-state index contributed by atoms with van der Waals surface area (Å²) < 4.78 is 0. The molecule has 2 heterocycles. The van der Waals surface area contributed by atoms with Crippen LogP contribution in [0.5, 0.6) is 0 Å². The molecular weight excluding hydrogens is 396 g/mol. The Bertz CT molecular complexity index is 693. The molecule has 0 radical (unpaired) electrons. The molecule has 0 spiro atoms. The van der Waals surface area contributed by atoms with Gasteiger partial charge in [-0.25, -0.2) is 0 Å². The molecule has 2 fully saturated rings. The van der Waals surface area contributed by atoms with E-state index in [4.69, 9.17) is 0 Å². The highest BCUT2D eigenvalue weighted by molar-refractivity contribution is 5.95. The number of piperazine rings is 2. The van der Waals surface area contributed by atoms with Gasteiger partial charge in [-0.2, -0.15) is 0 Å². The number of rotatable bonds is 8. The lowest BCUT2D eigenvalue weighted by molar-refractivity contribution is -0.160. The molecule has 8 nitrogen and oxygen atoms in total. The zero-order valence-electron chi connectivity index (χ0n) is 20.2. The highest BCUT2D eigenvalue weighted by Gasteiger charge is 2.43. The second-order valence-corrected chi connectivity index (χ2v) is 9.84. The number of nitrogens with zero attached hydrogens (tertiary/aromatic N) is 3. The highest BCUT2D eigenvalue weighted by Crippen LogP contribution is 2.23. The van der Waals surface area contributed by atoms with E-state index in [-0.39, 0.29) is 35.5 Å². The van der Waals surface area contributed by atoms with Gasteiger partial charge in [0.1, 0.15) is 12.1 Å². The van der Waals surface area contributed by atoms with Gasteiger partial charge in [-0.05, 0) is 45.4 Å². The van der Waals surface area contributed by atoms with Crippen molar-refractivity contribution in [2.24, 2.45) is 11.8 Å². The predicted molar refractivity (Wildman–Crippen MR) is 119 cm³/mol. The number of hydrogen-bond acceptors (Lipinski definition) is 5. The number of carbonyl (C=O) groups is 4. The minimum absolute atomic E-state index is 0.0450. The van der Waals surface area contributed by atoms with E-state index in [2.05, 4.69) is 19.2 Å². The van der Waals surface area contributed by atoms with Crippen LogP contribution in [0.3, 0.4) is 0 Å². The molecule has 0 aromatic rings. The average molecular weight is 437 g/mol. The van der Waals surface area contributed by atoms with Crippen molar-refractivity contribution in [2.75, 3.05) is 26.2 Å². The number of ketones is 1. The molecule has 31 heavy (non-hydrogen) atoms. The maximum atomic E-state index is 13.5. The summed E-state index contributed by atoms with van der Waals surface area (Å²) in [5.41, 5.74) is 0. The molecule has 0 aromatic heterocycles. The highest BCUT2D eigenvalue weighted by atomic mass is 16.2. The van der Waals surface area contributed by atoms with Crippen LogP contribution in [0.2, 0.25) is 0 Å². The van der Waals surface area contributed by atoms with E-state index in [1.807, 2.05) is 13.8 Å². The maximum Gasteiger partial charge on any atom is 0.246 e. The lowest BCUT2D eigenvalue weighted by Gasteiger charge is -2.45. The summed E-state index contributed by atoms with van der Waals surface area (Å²) in [4.78, 5) is 56.5. The van der Waals surface area contributed by atoms with Crippen LogP contribution in [0.15, 0.2) is 0 Å². The SMILES string of the molecule is CC(=O)[C@H](C)N1CCN(C(=O)[C@H](C)N2CCN[C@@H](CC(C)C)C2=O)[C@@H](CC(C)C)C1=O. The Morgan fingerprint density at radius 2 is 1.45 bits per heavy atom. The maximum absolute atomic E-state index is 13.5. The van der Waals surface area contributed by atoms with Crippen LogP contribution in [0.1, 0.15) is 61.3 Å². The second kappa shape index (κ2) is 10.6. The van der Waals surface area contributed by atoms with Crippen molar-refractivity contribution in [2.45, 2.75) is 85.5 Å². The van der Waals surface area contributed by atoms with Crippen molar-refractivity contribution < 1.29 is 19.2 Å². The number of carbonyl (C=O) groups excluding carboxylic acids is 4. The topological polar surface area (TPSA) is 90.0 Å². The Balaban J connectivity index is 2.20. The summed E-state index contributed by atoms with van der Waals surface area (Å²) in [6.07, 6.45) is 1.26. The third kappa shape index (κ3) is 5.84. The van der Waals surface area contributed by atoms with Crippen LogP contribution in [-0.2, 0) is 19.2 Å². The van der Waals surface area contributed by atoms with Crippen molar-refractivity contribution in [1.29, 1.82) is 0 Å². The van der Waals surface area contributed by atoms with E-state index in [1.165, 1.54) is 6.92 Å². The fourth-order valence-corrected chi connectivity index (χ4v) is 4.52. The molecule has 0 aromatic carbocycles. The number of hydrogen-bond donors (Lipinski definition) is 1. The van der Waals surface area contributed by atoms with E-state index in [0.29, 0.717) is 38.5 Å². The molecule has 0 saturated carbocycles. The summed E-state index contributed by atoms with van der Waals surface area (Å²) in [6, 6.07) is -1.99. The van der Waals surface area contributed by atoms with E-state index >= 15 is 0 Å². The number of amides is 3. The van der Waals surface area contributed by atoms with Gasteiger partial charge in [0.05, 0.1) is 12.1 Å². The molecule has 4 atom stereocenters. The van der Waals surface area contributed by atoms with Crippen molar-refractivity contribution in [1.82, 2.24) is 20.0 Å². The van der Waals surface area contributed by atoms with Gasteiger partial charge in [0, 0.05) is 26.2 Å². The smallest absolute Gasteiger partial charge is 0.246 e. The lowest BCUT2D eigenvalue weighted by atomic mass is 9.96. The molecular formula is C23H40N4O4. The summed E-state index contributed by atoms with van der Waals surface area (Å²) in [6.45, 7) is 15.0. The van der Waals surface area contributed by atoms with E-state index < -0.39 is 18.1 Å². The van der Waals surface area contributed by atoms with Crippen molar-refractivity contribution in [3.8, 4) is 0 Å². The normalized spacial score (nSPS) is 24.7. The van der Waals surface area contributed by atoms with Gasteiger partial charge in [0.2, 0.25) is 17.7 Å². The Morgan fingerprint density at radius 3 is 2.00 bits per heavy atom. The lowest BCUT2D eigenvalue weighted by Crippen LogP contribution is -2.66. The third-order valence-corrected chi connectivity index (χ3v) is 6.42. The Morgan fingerprint density at radius 1 is 0.871 bits per heavy atom. The Hall–Kier alpha value is -1.96. The summed E-state index contributed by atoms with van der Waals surface area (Å²) in [5.74, 6) is 0.115. The van der Waals surface area contributed by atoms with Gasteiger partial charge < -0.3 is 20.0 Å². The average Bonchev–Trinajstić information content (AvgIpc) is 2.68. The molecule has 2 saturated heterocycles. The van der Waals surface area contributed by atoms with Gasteiger partial charge in [0.25, 0.3) is 0 Å². The van der Waals surface area contributed by atoms with Crippen LogP contribution in [0, 0.1) is 11.8 Å². The van der Waals surface area contributed by atoms with E-state index in [1.54, 1.807) is 28.5 Å². The van der Waals surface area contributed by atoms with Gasteiger partial charge >= 0.3 is 0 Å². The minimum atomic E-state index is -0.622. The quantitative estimate of drug-likeness (QED) is 0.619. The summed E-state index contributed by atoms with van der Waals surface area (Å²) in [7, 11) is 0. The van der Waals surface area contributed by atoms with Crippen LogP contribution < -0.4 is 5.32 Å². The Labute approximate surface area is 186 Å². The molecule has 3 amide bonds. The largest absolute Gasteiger partial charge is 0.329 e. The fraction of sp³-hybridized carbons (Fsp3) is 0.826. The van der Waals surface area contributed by atoms with Crippen molar-refractivity contribution in [3.05, 3.63) is 0 Å². The van der Waals surface area contributed by atoms with Crippen molar-refractivity contribution >= 4 is 23.5 Å².